The number of alkyl halides is 2. The van der Waals surface area contributed by atoms with Crippen LogP contribution >= 0.6 is 0 Å². The molecule has 0 aromatic rings. The van der Waals surface area contributed by atoms with E-state index in [1.54, 1.807) is 19.9 Å². The van der Waals surface area contributed by atoms with Crippen LogP contribution in [0.1, 0.15) is 33.6 Å². The van der Waals surface area contributed by atoms with Crippen molar-refractivity contribution >= 4 is 0 Å². The molecule has 0 unspecified atom stereocenters. The SMILES string of the molecule is C=C(/C=C\C(=C/C)C(F)(F)/C=C/C)CCC. The van der Waals surface area contributed by atoms with E-state index in [0.717, 1.165) is 24.5 Å². The highest BCUT2D eigenvalue weighted by Gasteiger charge is 2.27. The van der Waals surface area contributed by atoms with E-state index in [4.69, 9.17) is 0 Å². The largest absolute Gasteiger partial charge is 0.291 e. The Labute approximate surface area is 97.1 Å². The van der Waals surface area contributed by atoms with Gasteiger partial charge in [-0.15, -0.1) is 0 Å². The quantitative estimate of drug-likeness (QED) is 0.439. The van der Waals surface area contributed by atoms with Crippen LogP contribution in [0.5, 0.6) is 0 Å². The lowest BCUT2D eigenvalue weighted by Crippen LogP contribution is -2.14. The van der Waals surface area contributed by atoms with Crippen LogP contribution in [0.25, 0.3) is 0 Å². The van der Waals surface area contributed by atoms with Crippen LogP contribution in [0.2, 0.25) is 0 Å². The Morgan fingerprint density at radius 2 is 1.88 bits per heavy atom. The van der Waals surface area contributed by atoms with Crippen molar-refractivity contribution in [3.8, 4) is 0 Å². The van der Waals surface area contributed by atoms with Crippen LogP contribution in [0.4, 0.5) is 8.78 Å². The molecule has 0 radical (unpaired) electrons. The fraction of sp³-hybridized carbons (Fsp3) is 0.429. The second-order valence-electron chi connectivity index (χ2n) is 3.61. The Kier molecular flexibility index (Phi) is 6.63. The molecule has 0 rings (SSSR count). The van der Waals surface area contributed by atoms with Gasteiger partial charge in [0.25, 0.3) is 5.92 Å². The maximum absolute atomic E-state index is 13.5. The Bertz CT molecular complexity index is 307. The summed E-state index contributed by atoms with van der Waals surface area (Å²) in [5.74, 6) is -2.90. The van der Waals surface area contributed by atoms with E-state index in [0.29, 0.717) is 0 Å². The Morgan fingerprint density at radius 3 is 2.31 bits per heavy atom. The summed E-state index contributed by atoms with van der Waals surface area (Å²) in [6, 6.07) is 0. The molecule has 2 heteroatoms. The molecule has 0 aromatic heterocycles. The maximum Gasteiger partial charge on any atom is 0.291 e. The van der Waals surface area contributed by atoms with Crippen LogP contribution in [-0.4, -0.2) is 5.92 Å². The first-order chi connectivity index (χ1) is 7.47. The molecular formula is C14H20F2. The molecule has 0 heterocycles. The predicted molar refractivity (Wildman–Crippen MR) is 66.7 cm³/mol. The minimum atomic E-state index is -2.90. The highest BCUT2D eigenvalue weighted by Crippen LogP contribution is 2.27. The summed E-state index contributed by atoms with van der Waals surface area (Å²) in [5, 5.41) is 0. The van der Waals surface area contributed by atoms with Gasteiger partial charge in [0.2, 0.25) is 0 Å². The minimum absolute atomic E-state index is 0.00264. The van der Waals surface area contributed by atoms with Gasteiger partial charge in [-0.1, -0.05) is 49.8 Å². The first-order valence-corrected chi connectivity index (χ1v) is 5.52. The normalized spacial score (nSPS) is 13.9. The summed E-state index contributed by atoms with van der Waals surface area (Å²) < 4.78 is 27.0. The number of halogens is 2. The van der Waals surface area contributed by atoms with Crippen LogP contribution in [0.3, 0.4) is 0 Å². The van der Waals surface area contributed by atoms with E-state index in [2.05, 4.69) is 6.58 Å². The first-order valence-electron chi connectivity index (χ1n) is 5.52. The first kappa shape index (κ1) is 14.8. The third kappa shape index (κ3) is 5.06. The number of hydrogen-bond acceptors (Lipinski definition) is 0. The molecule has 0 aromatic carbocycles. The molecule has 0 amide bonds. The Morgan fingerprint density at radius 1 is 1.25 bits per heavy atom. The third-order valence-electron chi connectivity index (χ3n) is 2.14. The summed E-state index contributed by atoms with van der Waals surface area (Å²) in [6.07, 6.45) is 8.60. The van der Waals surface area contributed by atoms with E-state index in [-0.39, 0.29) is 5.57 Å². The van der Waals surface area contributed by atoms with Crippen LogP contribution in [0.15, 0.2) is 48.1 Å². The molecular weight excluding hydrogens is 206 g/mol. The van der Waals surface area contributed by atoms with Crippen LogP contribution in [0, 0.1) is 0 Å². The molecule has 0 nitrogen and oxygen atoms in total. The van der Waals surface area contributed by atoms with Gasteiger partial charge in [0.05, 0.1) is 0 Å². The zero-order valence-corrected chi connectivity index (χ0v) is 10.3. The van der Waals surface area contributed by atoms with Crippen molar-refractivity contribution in [2.24, 2.45) is 0 Å². The van der Waals surface area contributed by atoms with Crippen molar-refractivity contribution in [2.45, 2.75) is 39.5 Å². The molecule has 0 bridgehead atoms. The monoisotopic (exact) mass is 226 g/mol. The van der Waals surface area contributed by atoms with Crippen molar-refractivity contribution in [3.63, 3.8) is 0 Å². The van der Waals surface area contributed by atoms with Crippen LogP contribution in [-0.2, 0) is 0 Å². The number of hydrogen-bond donors (Lipinski definition) is 0. The predicted octanol–water partition coefficient (Wildman–Crippen LogP) is 5.06. The number of allylic oxidation sites excluding steroid dienone is 7. The molecule has 0 saturated heterocycles. The molecule has 0 spiro atoms. The van der Waals surface area contributed by atoms with Crippen molar-refractivity contribution in [1.82, 2.24) is 0 Å². The third-order valence-corrected chi connectivity index (χ3v) is 2.14. The highest BCUT2D eigenvalue weighted by molar-refractivity contribution is 5.34. The van der Waals surface area contributed by atoms with Gasteiger partial charge in [-0.05, 0) is 26.3 Å². The molecule has 0 aliphatic carbocycles. The Balaban J connectivity index is 4.73. The van der Waals surface area contributed by atoms with Gasteiger partial charge in [0, 0.05) is 5.57 Å². The van der Waals surface area contributed by atoms with Crippen molar-refractivity contribution in [1.29, 1.82) is 0 Å². The van der Waals surface area contributed by atoms with Gasteiger partial charge >= 0.3 is 0 Å². The topological polar surface area (TPSA) is 0 Å². The van der Waals surface area contributed by atoms with Gasteiger partial charge < -0.3 is 0 Å². The van der Waals surface area contributed by atoms with Gasteiger partial charge in [0.1, 0.15) is 0 Å². The van der Waals surface area contributed by atoms with Gasteiger partial charge in [-0.3, -0.25) is 0 Å². The molecule has 0 fully saturated rings. The lowest BCUT2D eigenvalue weighted by atomic mass is 10.1. The van der Waals surface area contributed by atoms with Crippen molar-refractivity contribution < 1.29 is 8.78 Å². The fourth-order valence-corrected chi connectivity index (χ4v) is 1.32. The molecule has 90 valence electrons. The van der Waals surface area contributed by atoms with Crippen molar-refractivity contribution in [2.75, 3.05) is 0 Å². The summed E-state index contributed by atoms with van der Waals surface area (Å²) in [4.78, 5) is 0. The van der Waals surface area contributed by atoms with E-state index < -0.39 is 5.92 Å². The van der Waals surface area contributed by atoms with Gasteiger partial charge in [-0.2, -0.15) is 8.78 Å². The van der Waals surface area contributed by atoms with E-state index in [1.807, 2.05) is 6.92 Å². The average Bonchev–Trinajstić information content (AvgIpc) is 2.18. The average molecular weight is 226 g/mol. The van der Waals surface area contributed by atoms with Crippen molar-refractivity contribution in [3.05, 3.63) is 48.1 Å². The highest BCUT2D eigenvalue weighted by atomic mass is 19.3. The van der Waals surface area contributed by atoms with E-state index in [9.17, 15) is 8.78 Å². The zero-order valence-electron chi connectivity index (χ0n) is 10.3. The lowest BCUT2D eigenvalue weighted by Gasteiger charge is -2.12. The second kappa shape index (κ2) is 7.15. The maximum atomic E-state index is 13.5. The summed E-state index contributed by atoms with van der Waals surface area (Å²) >= 11 is 0. The molecule has 0 aliphatic rings. The second-order valence-corrected chi connectivity index (χ2v) is 3.61. The summed E-state index contributed by atoms with van der Waals surface area (Å²) in [5.41, 5.74) is 0.876. The molecule has 16 heavy (non-hydrogen) atoms. The summed E-state index contributed by atoms with van der Waals surface area (Å²) in [6.45, 7) is 9.03. The summed E-state index contributed by atoms with van der Waals surface area (Å²) in [7, 11) is 0. The van der Waals surface area contributed by atoms with Crippen LogP contribution < -0.4 is 0 Å². The van der Waals surface area contributed by atoms with Gasteiger partial charge in [-0.25, -0.2) is 0 Å². The fourth-order valence-electron chi connectivity index (χ4n) is 1.32. The van der Waals surface area contributed by atoms with E-state index in [1.165, 1.54) is 18.2 Å². The van der Waals surface area contributed by atoms with Gasteiger partial charge in [0.15, 0.2) is 0 Å². The lowest BCUT2D eigenvalue weighted by molar-refractivity contribution is 0.101. The Hall–Kier alpha value is -1.18. The number of rotatable bonds is 6. The minimum Gasteiger partial charge on any atom is -0.197 e. The zero-order chi connectivity index (χ0) is 12.6. The van der Waals surface area contributed by atoms with E-state index >= 15 is 0 Å². The molecule has 0 aliphatic heterocycles. The smallest absolute Gasteiger partial charge is 0.197 e. The standard InChI is InChI=1S/C14H20F2/c1-5-8-12(4)9-10-13(7-3)14(15,16)11-6-2/h6-7,9-11H,4-5,8H2,1-3H3/b10-9-,11-6+,13-7+. The molecule has 0 atom stereocenters. The molecule has 0 N–H and O–H groups in total. The molecule has 0 saturated carbocycles.